The maximum absolute atomic E-state index is 13.8. The second-order valence-electron chi connectivity index (χ2n) is 10.3. The van der Waals surface area contributed by atoms with E-state index in [1.807, 2.05) is 30.3 Å². The molecule has 0 spiro atoms. The van der Waals surface area contributed by atoms with Crippen LogP contribution in [-0.2, 0) is 21.4 Å². The summed E-state index contributed by atoms with van der Waals surface area (Å²) in [6.07, 6.45) is 4.18. The number of nitrogens with one attached hydrogen (secondary N) is 1. The molecule has 1 saturated carbocycles. The highest BCUT2D eigenvalue weighted by Crippen LogP contribution is 2.28. The third kappa shape index (κ3) is 7.62. The topological polar surface area (TPSA) is 111 Å². The number of hydrogen-bond donors (Lipinski definition) is 2. The van der Waals surface area contributed by atoms with Gasteiger partial charge >= 0.3 is 0 Å². The molecule has 1 aliphatic carbocycles. The van der Waals surface area contributed by atoms with Gasteiger partial charge in [0.2, 0.25) is 15.9 Å². The van der Waals surface area contributed by atoms with Crippen molar-refractivity contribution in [2.24, 2.45) is 17.6 Å². The molecule has 9 heteroatoms. The van der Waals surface area contributed by atoms with Crippen molar-refractivity contribution in [1.82, 2.24) is 9.62 Å². The molecule has 3 aromatic carbocycles. The molecular formula is C31H39N3O5S. The van der Waals surface area contributed by atoms with Crippen LogP contribution >= 0.6 is 0 Å². The van der Waals surface area contributed by atoms with Gasteiger partial charge in [0.05, 0.1) is 25.7 Å². The van der Waals surface area contributed by atoms with Crippen molar-refractivity contribution in [3.63, 3.8) is 0 Å². The molecule has 0 atom stereocenters. The van der Waals surface area contributed by atoms with Crippen LogP contribution in [0, 0.1) is 11.8 Å². The van der Waals surface area contributed by atoms with Gasteiger partial charge in [-0.1, -0.05) is 36.4 Å². The third-order valence-electron chi connectivity index (χ3n) is 7.60. The predicted octanol–water partition coefficient (Wildman–Crippen LogP) is 4.44. The quantitative estimate of drug-likeness (QED) is 0.336. The molecule has 1 amide bonds. The Balaban J connectivity index is 1.51. The average molecular weight is 566 g/mol. The van der Waals surface area contributed by atoms with Crippen LogP contribution in [0.2, 0.25) is 0 Å². The fourth-order valence-electron chi connectivity index (χ4n) is 5.12. The summed E-state index contributed by atoms with van der Waals surface area (Å²) >= 11 is 0. The number of benzene rings is 3. The van der Waals surface area contributed by atoms with E-state index in [9.17, 15) is 13.2 Å². The summed E-state index contributed by atoms with van der Waals surface area (Å²) in [5.41, 5.74) is 8.30. The van der Waals surface area contributed by atoms with Gasteiger partial charge in [-0.25, -0.2) is 8.42 Å². The molecule has 214 valence electrons. The minimum absolute atomic E-state index is 0.0339. The molecule has 0 bridgehead atoms. The van der Waals surface area contributed by atoms with E-state index in [2.05, 4.69) is 5.32 Å². The Labute approximate surface area is 237 Å². The standard InChI is InChI=1S/C31H39N3O5S/c1-38-28-7-3-5-25(17-28)21-34(22-31(35)33-20-24-11-9-23(19-32)10-12-24)40(36,37)30-15-13-26(14-16-30)27-6-4-8-29(18-27)39-2/h3-8,13-18,23-24H,9-12,19-22,32H2,1-2H3,(H,33,35). The van der Waals surface area contributed by atoms with Gasteiger partial charge in [0.25, 0.3) is 0 Å². The largest absolute Gasteiger partial charge is 0.497 e. The normalized spacial score (nSPS) is 17.4. The van der Waals surface area contributed by atoms with Gasteiger partial charge < -0.3 is 20.5 Å². The summed E-state index contributed by atoms with van der Waals surface area (Å²) in [7, 11) is -0.820. The number of carbonyl (C=O) groups is 1. The second-order valence-corrected chi connectivity index (χ2v) is 12.2. The SMILES string of the molecule is COc1cccc(CN(CC(=O)NCC2CCC(CN)CC2)S(=O)(=O)c2ccc(-c3cccc(OC)c3)cc2)c1. The van der Waals surface area contributed by atoms with Crippen molar-refractivity contribution >= 4 is 15.9 Å². The number of carbonyl (C=O) groups excluding carboxylic acids is 1. The first-order valence-electron chi connectivity index (χ1n) is 13.7. The van der Waals surface area contributed by atoms with Gasteiger partial charge in [0, 0.05) is 13.1 Å². The van der Waals surface area contributed by atoms with Gasteiger partial charge in [-0.3, -0.25) is 4.79 Å². The molecule has 0 heterocycles. The molecule has 1 fully saturated rings. The zero-order valence-corrected chi connectivity index (χ0v) is 24.0. The molecular weight excluding hydrogens is 526 g/mol. The van der Waals surface area contributed by atoms with Crippen LogP contribution in [-0.4, -0.2) is 52.5 Å². The number of ether oxygens (including phenoxy) is 2. The summed E-state index contributed by atoms with van der Waals surface area (Å²) in [4.78, 5) is 13.2. The number of methoxy groups -OCH3 is 2. The lowest BCUT2D eigenvalue weighted by Gasteiger charge is -2.28. The van der Waals surface area contributed by atoms with Crippen LogP contribution in [0.25, 0.3) is 11.1 Å². The Bertz CT molecular complexity index is 1370. The zero-order chi connectivity index (χ0) is 28.5. The van der Waals surface area contributed by atoms with Crippen LogP contribution in [0.5, 0.6) is 11.5 Å². The molecule has 0 aliphatic heterocycles. The monoisotopic (exact) mass is 565 g/mol. The fourth-order valence-corrected chi connectivity index (χ4v) is 6.50. The maximum atomic E-state index is 13.8. The molecule has 0 aromatic heterocycles. The summed E-state index contributed by atoms with van der Waals surface area (Å²) in [6, 6.07) is 21.5. The van der Waals surface area contributed by atoms with Crippen LogP contribution in [0.15, 0.2) is 77.7 Å². The van der Waals surface area contributed by atoms with E-state index in [4.69, 9.17) is 15.2 Å². The van der Waals surface area contributed by atoms with E-state index in [-0.39, 0.29) is 23.9 Å². The van der Waals surface area contributed by atoms with Crippen LogP contribution < -0.4 is 20.5 Å². The Morgan fingerprint density at radius 1 is 0.875 bits per heavy atom. The van der Waals surface area contributed by atoms with E-state index in [0.717, 1.165) is 48.1 Å². The molecule has 1 aliphatic rings. The number of nitrogens with zero attached hydrogens (tertiary/aromatic N) is 1. The average Bonchev–Trinajstić information content (AvgIpc) is 3.00. The van der Waals surface area contributed by atoms with Crippen LogP contribution in [0.3, 0.4) is 0 Å². The first-order chi connectivity index (χ1) is 19.3. The zero-order valence-electron chi connectivity index (χ0n) is 23.2. The fraction of sp³-hybridized carbons (Fsp3) is 0.387. The molecule has 3 aromatic rings. The number of sulfonamides is 1. The second kappa shape index (κ2) is 13.8. The van der Waals surface area contributed by atoms with Gasteiger partial charge in [0.15, 0.2) is 0 Å². The Morgan fingerprint density at radius 3 is 2.15 bits per heavy atom. The van der Waals surface area contributed by atoms with Crippen molar-refractivity contribution in [2.45, 2.75) is 37.1 Å². The smallest absolute Gasteiger partial charge is 0.243 e. The number of nitrogens with two attached hydrogens (primary N) is 1. The minimum atomic E-state index is -3.99. The highest BCUT2D eigenvalue weighted by Gasteiger charge is 2.28. The molecule has 3 N–H and O–H groups in total. The van der Waals surface area contributed by atoms with Crippen molar-refractivity contribution in [3.8, 4) is 22.6 Å². The third-order valence-corrected chi connectivity index (χ3v) is 9.40. The Morgan fingerprint density at radius 2 is 1.50 bits per heavy atom. The van der Waals surface area contributed by atoms with Crippen molar-refractivity contribution in [2.75, 3.05) is 33.9 Å². The lowest BCUT2D eigenvalue weighted by atomic mass is 9.82. The minimum Gasteiger partial charge on any atom is -0.497 e. The number of amides is 1. The van der Waals surface area contributed by atoms with Crippen molar-refractivity contribution in [1.29, 1.82) is 0 Å². The van der Waals surface area contributed by atoms with E-state index in [1.54, 1.807) is 56.7 Å². The van der Waals surface area contributed by atoms with E-state index < -0.39 is 10.0 Å². The highest BCUT2D eigenvalue weighted by atomic mass is 32.2. The first kappa shape index (κ1) is 29.6. The first-order valence-corrected chi connectivity index (χ1v) is 15.1. The van der Waals surface area contributed by atoms with Gasteiger partial charge in [-0.05, 0) is 97.2 Å². The molecule has 0 radical (unpaired) electrons. The van der Waals surface area contributed by atoms with E-state index in [1.165, 1.54) is 4.31 Å². The van der Waals surface area contributed by atoms with Crippen molar-refractivity contribution < 1.29 is 22.7 Å². The maximum Gasteiger partial charge on any atom is 0.243 e. The number of hydrogen-bond acceptors (Lipinski definition) is 6. The Kier molecular flexibility index (Phi) is 10.2. The molecule has 0 unspecified atom stereocenters. The predicted molar refractivity (Wildman–Crippen MR) is 157 cm³/mol. The van der Waals surface area contributed by atoms with Gasteiger partial charge in [-0.15, -0.1) is 0 Å². The summed E-state index contributed by atoms with van der Waals surface area (Å²) in [5.74, 6) is 1.97. The van der Waals surface area contributed by atoms with Gasteiger partial charge in [0.1, 0.15) is 11.5 Å². The van der Waals surface area contributed by atoms with Crippen molar-refractivity contribution in [3.05, 3.63) is 78.4 Å². The lowest BCUT2D eigenvalue weighted by molar-refractivity contribution is -0.121. The summed E-state index contributed by atoms with van der Waals surface area (Å²) in [5, 5.41) is 2.98. The molecule has 0 saturated heterocycles. The molecule has 40 heavy (non-hydrogen) atoms. The summed E-state index contributed by atoms with van der Waals surface area (Å²) in [6.45, 7) is 0.997. The molecule has 8 nitrogen and oxygen atoms in total. The van der Waals surface area contributed by atoms with E-state index >= 15 is 0 Å². The van der Waals surface area contributed by atoms with Gasteiger partial charge in [-0.2, -0.15) is 4.31 Å². The number of rotatable bonds is 12. The molecule has 4 rings (SSSR count). The summed E-state index contributed by atoms with van der Waals surface area (Å²) < 4.78 is 39.5. The van der Waals surface area contributed by atoms with Crippen LogP contribution in [0.1, 0.15) is 31.2 Å². The Hall–Kier alpha value is -3.40. The van der Waals surface area contributed by atoms with Crippen LogP contribution in [0.4, 0.5) is 0 Å². The van der Waals surface area contributed by atoms with E-state index in [0.29, 0.717) is 30.7 Å². The lowest BCUT2D eigenvalue weighted by Crippen LogP contribution is -2.42. The highest BCUT2D eigenvalue weighted by molar-refractivity contribution is 7.89.